The lowest BCUT2D eigenvalue weighted by molar-refractivity contribution is -0.122. The van der Waals surface area contributed by atoms with Gasteiger partial charge in [-0.3, -0.25) is 4.79 Å². The molecule has 5 nitrogen and oxygen atoms in total. The van der Waals surface area contributed by atoms with Gasteiger partial charge in [0.1, 0.15) is 0 Å². The molecular weight excluding hydrogens is 218 g/mol. The van der Waals surface area contributed by atoms with Gasteiger partial charge in [-0.05, 0) is 18.4 Å². The maximum absolute atomic E-state index is 11.4. The first-order valence-electron chi connectivity index (χ1n) is 5.55. The van der Waals surface area contributed by atoms with Crippen molar-refractivity contribution in [2.45, 2.75) is 19.4 Å². The number of oxime groups is 1. The summed E-state index contributed by atoms with van der Waals surface area (Å²) in [5.74, 6) is 0.440. The van der Waals surface area contributed by atoms with Crippen LogP contribution in [0.15, 0.2) is 29.4 Å². The number of rotatable bonds is 4. The van der Waals surface area contributed by atoms with Gasteiger partial charge in [0.15, 0.2) is 5.84 Å². The van der Waals surface area contributed by atoms with Crippen molar-refractivity contribution in [2.24, 2.45) is 16.8 Å². The van der Waals surface area contributed by atoms with Crippen molar-refractivity contribution in [3.63, 3.8) is 0 Å². The van der Waals surface area contributed by atoms with Crippen molar-refractivity contribution in [1.82, 2.24) is 5.32 Å². The number of carbonyl (C=O) groups is 1. The van der Waals surface area contributed by atoms with E-state index < -0.39 is 0 Å². The smallest absolute Gasteiger partial charge is 0.223 e. The fourth-order valence-corrected chi connectivity index (χ4v) is 1.53. The second kappa shape index (κ2) is 4.86. The third kappa shape index (κ3) is 2.96. The molecule has 1 aliphatic rings. The average molecular weight is 233 g/mol. The van der Waals surface area contributed by atoms with Gasteiger partial charge in [0.05, 0.1) is 0 Å². The van der Waals surface area contributed by atoms with Crippen molar-refractivity contribution >= 4 is 11.7 Å². The lowest BCUT2D eigenvalue weighted by atomic mass is 10.1. The quantitative estimate of drug-likeness (QED) is 0.311. The summed E-state index contributed by atoms with van der Waals surface area (Å²) < 4.78 is 0. The summed E-state index contributed by atoms with van der Waals surface area (Å²) in [6.45, 7) is 0.520. The van der Waals surface area contributed by atoms with Gasteiger partial charge < -0.3 is 16.3 Å². The summed E-state index contributed by atoms with van der Waals surface area (Å²) in [6, 6.07) is 7.21. The highest BCUT2D eigenvalue weighted by molar-refractivity contribution is 5.96. The van der Waals surface area contributed by atoms with Crippen molar-refractivity contribution in [3.05, 3.63) is 35.4 Å². The Balaban J connectivity index is 1.91. The Bertz CT molecular complexity index is 436. The predicted octanol–water partition coefficient (Wildman–Crippen LogP) is 0.807. The maximum Gasteiger partial charge on any atom is 0.223 e. The first kappa shape index (κ1) is 11.4. The zero-order chi connectivity index (χ0) is 12.3. The molecule has 1 aliphatic carbocycles. The van der Waals surface area contributed by atoms with Gasteiger partial charge in [0.25, 0.3) is 0 Å². The zero-order valence-electron chi connectivity index (χ0n) is 9.39. The maximum atomic E-state index is 11.4. The number of carbonyl (C=O) groups excluding carboxylic acids is 1. The molecule has 0 radical (unpaired) electrons. The Hall–Kier alpha value is -2.04. The molecule has 0 aromatic heterocycles. The summed E-state index contributed by atoms with van der Waals surface area (Å²) in [5.41, 5.74) is 7.10. The van der Waals surface area contributed by atoms with Gasteiger partial charge in [-0.25, -0.2) is 0 Å². The second-order valence-electron chi connectivity index (χ2n) is 4.17. The Kier molecular flexibility index (Phi) is 3.27. The van der Waals surface area contributed by atoms with Crippen molar-refractivity contribution in [3.8, 4) is 0 Å². The van der Waals surface area contributed by atoms with E-state index in [9.17, 15) is 4.79 Å². The zero-order valence-corrected chi connectivity index (χ0v) is 9.39. The Labute approximate surface area is 99.3 Å². The summed E-state index contributed by atoms with van der Waals surface area (Å²) in [4.78, 5) is 11.4. The van der Waals surface area contributed by atoms with E-state index in [2.05, 4.69) is 10.5 Å². The average Bonchev–Trinajstić information content (AvgIpc) is 3.20. The molecule has 0 atom stereocenters. The van der Waals surface area contributed by atoms with Crippen LogP contribution in [0.5, 0.6) is 0 Å². The van der Waals surface area contributed by atoms with Crippen LogP contribution >= 0.6 is 0 Å². The molecule has 0 heterocycles. The minimum Gasteiger partial charge on any atom is -0.409 e. The molecule has 0 saturated heterocycles. The first-order chi connectivity index (χ1) is 8.20. The summed E-state index contributed by atoms with van der Waals surface area (Å²) >= 11 is 0. The Morgan fingerprint density at radius 2 is 2.06 bits per heavy atom. The molecular formula is C12H15N3O2. The molecule has 0 unspecified atom stereocenters. The number of amidine groups is 1. The summed E-state index contributed by atoms with van der Waals surface area (Å²) in [6.07, 6.45) is 2.02. The Morgan fingerprint density at radius 3 is 2.59 bits per heavy atom. The van der Waals surface area contributed by atoms with Crippen LogP contribution in [0.2, 0.25) is 0 Å². The van der Waals surface area contributed by atoms with Gasteiger partial charge in [-0.15, -0.1) is 0 Å². The van der Waals surface area contributed by atoms with Crippen molar-refractivity contribution in [1.29, 1.82) is 0 Å². The number of amides is 1. The van der Waals surface area contributed by atoms with Crippen LogP contribution in [-0.4, -0.2) is 17.0 Å². The second-order valence-corrected chi connectivity index (χ2v) is 4.17. The van der Waals surface area contributed by atoms with Crippen LogP contribution in [0.4, 0.5) is 0 Å². The topological polar surface area (TPSA) is 87.7 Å². The van der Waals surface area contributed by atoms with E-state index in [1.54, 1.807) is 12.1 Å². The van der Waals surface area contributed by atoms with Gasteiger partial charge in [0.2, 0.25) is 5.91 Å². The molecule has 2 rings (SSSR count). The van der Waals surface area contributed by atoms with Crippen molar-refractivity contribution < 1.29 is 10.0 Å². The molecule has 1 saturated carbocycles. The lowest BCUT2D eigenvalue weighted by Crippen LogP contribution is -2.24. The summed E-state index contributed by atoms with van der Waals surface area (Å²) in [5, 5.41) is 14.3. The fourth-order valence-electron chi connectivity index (χ4n) is 1.53. The molecule has 5 heteroatoms. The standard InChI is InChI=1S/C12H15N3O2/c13-11(15-17)9-3-1-8(2-4-9)7-14-12(16)10-5-6-10/h1-4,10,17H,5-7H2,(H2,13,15)(H,14,16). The predicted molar refractivity (Wildman–Crippen MR) is 63.5 cm³/mol. The van der Waals surface area contributed by atoms with E-state index in [1.165, 1.54) is 0 Å². The molecule has 1 aromatic carbocycles. The lowest BCUT2D eigenvalue weighted by Gasteiger charge is -2.05. The molecule has 17 heavy (non-hydrogen) atoms. The number of hydrogen-bond donors (Lipinski definition) is 3. The molecule has 0 bridgehead atoms. The molecule has 0 spiro atoms. The van der Waals surface area contributed by atoms with E-state index in [4.69, 9.17) is 10.9 Å². The van der Waals surface area contributed by atoms with Gasteiger partial charge in [0, 0.05) is 18.0 Å². The fraction of sp³-hybridized carbons (Fsp3) is 0.333. The minimum atomic E-state index is 0.0820. The largest absolute Gasteiger partial charge is 0.409 e. The molecule has 1 fully saturated rings. The van der Waals surface area contributed by atoms with Gasteiger partial charge in [-0.2, -0.15) is 0 Å². The highest BCUT2D eigenvalue weighted by Gasteiger charge is 2.29. The van der Waals surface area contributed by atoms with Crippen LogP contribution in [0, 0.1) is 5.92 Å². The van der Waals surface area contributed by atoms with Crippen LogP contribution in [0.25, 0.3) is 0 Å². The number of nitrogens with zero attached hydrogens (tertiary/aromatic N) is 1. The van der Waals surface area contributed by atoms with Crippen LogP contribution < -0.4 is 11.1 Å². The number of hydrogen-bond acceptors (Lipinski definition) is 3. The molecule has 1 aromatic rings. The van der Waals surface area contributed by atoms with Crippen LogP contribution in [0.3, 0.4) is 0 Å². The highest BCUT2D eigenvalue weighted by atomic mass is 16.4. The molecule has 90 valence electrons. The first-order valence-corrected chi connectivity index (χ1v) is 5.55. The normalized spacial score (nSPS) is 15.6. The third-order valence-corrected chi connectivity index (χ3v) is 2.77. The van der Waals surface area contributed by atoms with Crippen LogP contribution in [-0.2, 0) is 11.3 Å². The van der Waals surface area contributed by atoms with E-state index in [0.29, 0.717) is 12.1 Å². The van der Waals surface area contributed by atoms with E-state index >= 15 is 0 Å². The van der Waals surface area contributed by atoms with Crippen LogP contribution in [0.1, 0.15) is 24.0 Å². The Morgan fingerprint density at radius 1 is 1.41 bits per heavy atom. The van der Waals surface area contributed by atoms with E-state index in [1.807, 2.05) is 12.1 Å². The molecule has 4 N–H and O–H groups in total. The number of nitrogens with one attached hydrogen (secondary N) is 1. The molecule has 0 aliphatic heterocycles. The van der Waals surface area contributed by atoms with Gasteiger partial charge >= 0.3 is 0 Å². The SMILES string of the molecule is NC(=NO)c1ccc(CNC(=O)C2CC2)cc1. The number of nitrogens with two attached hydrogens (primary N) is 1. The minimum absolute atomic E-state index is 0.0820. The molecule has 1 amide bonds. The monoisotopic (exact) mass is 233 g/mol. The van der Waals surface area contributed by atoms with Crippen molar-refractivity contribution in [2.75, 3.05) is 0 Å². The third-order valence-electron chi connectivity index (χ3n) is 2.77. The highest BCUT2D eigenvalue weighted by Crippen LogP contribution is 2.28. The number of benzene rings is 1. The summed E-state index contributed by atoms with van der Waals surface area (Å²) in [7, 11) is 0. The van der Waals surface area contributed by atoms with E-state index in [0.717, 1.165) is 18.4 Å². The van der Waals surface area contributed by atoms with Gasteiger partial charge in [-0.1, -0.05) is 29.4 Å². The van der Waals surface area contributed by atoms with E-state index in [-0.39, 0.29) is 17.7 Å².